The Kier molecular flexibility index (Phi) is 8.02. The highest BCUT2D eigenvalue weighted by atomic mass is 32.3. The van der Waals surface area contributed by atoms with Crippen LogP contribution in [0.4, 0.5) is 7.77 Å². The van der Waals surface area contributed by atoms with Gasteiger partial charge in [-0.15, -0.1) is 0 Å². The molecule has 0 fully saturated rings. The molecule has 0 saturated carbocycles. The molecule has 0 N–H and O–H groups in total. The molecule has 35 heavy (non-hydrogen) atoms. The summed E-state index contributed by atoms with van der Waals surface area (Å²) in [5.74, 6) is 0.552. The van der Waals surface area contributed by atoms with Crippen molar-refractivity contribution in [3.05, 3.63) is 78.4 Å². The van der Waals surface area contributed by atoms with E-state index in [0.717, 1.165) is 0 Å². The van der Waals surface area contributed by atoms with Gasteiger partial charge < -0.3 is 22.6 Å². The molecule has 9 nitrogen and oxygen atoms in total. The van der Waals surface area contributed by atoms with E-state index in [-0.39, 0.29) is 29.1 Å². The maximum absolute atomic E-state index is 12.7. The molecule has 0 atom stereocenters. The predicted octanol–water partition coefficient (Wildman–Crippen LogP) is 4.82. The molecule has 0 spiro atoms. The molecule has 0 aliphatic heterocycles. The van der Waals surface area contributed by atoms with Crippen molar-refractivity contribution >= 4 is 21.0 Å². The topological polar surface area (TPSA) is 114 Å². The number of benzene rings is 3. The van der Waals surface area contributed by atoms with Crippen LogP contribution in [0, 0.1) is 0 Å². The molecule has 0 saturated heterocycles. The number of hydrogen-bond acceptors (Lipinski definition) is 9. The molecule has 0 aliphatic rings. The normalized spacial score (nSPS) is 11.8. The van der Waals surface area contributed by atoms with Crippen molar-refractivity contribution in [3.63, 3.8) is 0 Å². The fourth-order valence-corrected chi connectivity index (χ4v) is 3.44. The van der Waals surface area contributed by atoms with Crippen LogP contribution in [-0.4, -0.2) is 22.9 Å². The first-order valence-corrected chi connectivity index (χ1v) is 12.6. The minimum atomic E-state index is -5.17. The average Bonchev–Trinajstić information content (AvgIpc) is 2.74. The summed E-state index contributed by atoms with van der Waals surface area (Å²) >= 11 is 0. The first-order valence-electron chi connectivity index (χ1n) is 9.94. The van der Waals surface area contributed by atoms with E-state index < -0.39 is 27.3 Å². The lowest BCUT2D eigenvalue weighted by molar-refractivity contribution is 0.00371. The lowest BCUT2D eigenvalue weighted by Gasteiger charge is -2.21. The van der Waals surface area contributed by atoms with Gasteiger partial charge in [-0.3, -0.25) is 0 Å². The largest absolute Gasteiger partial charge is 0.491 e. The molecule has 0 aromatic heterocycles. The Balaban J connectivity index is 1.83. The van der Waals surface area contributed by atoms with Gasteiger partial charge >= 0.3 is 21.0 Å². The van der Waals surface area contributed by atoms with Crippen molar-refractivity contribution in [3.8, 4) is 28.7 Å². The third-order valence-corrected chi connectivity index (χ3v) is 4.83. The molecule has 3 aromatic carbocycles. The van der Waals surface area contributed by atoms with Crippen LogP contribution in [0.2, 0.25) is 0 Å². The van der Waals surface area contributed by atoms with E-state index in [9.17, 15) is 24.6 Å². The van der Waals surface area contributed by atoms with Crippen LogP contribution in [0.1, 0.15) is 25.7 Å². The average molecular weight is 531 g/mol. The molecule has 0 aliphatic carbocycles. The van der Waals surface area contributed by atoms with Gasteiger partial charge in [0.05, 0.1) is 6.10 Å². The minimum Gasteiger partial charge on any atom is -0.491 e. The molecule has 0 amide bonds. The Morgan fingerprint density at radius 3 is 1.20 bits per heavy atom. The Morgan fingerprint density at radius 2 is 0.857 bits per heavy atom. The molecule has 0 heterocycles. The van der Waals surface area contributed by atoms with Crippen molar-refractivity contribution < 1.29 is 47.2 Å². The third-order valence-electron chi connectivity index (χ3n) is 4.05. The summed E-state index contributed by atoms with van der Waals surface area (Å²) in [6.07, 6.45) is -1.08. The molecule has 0 bridgehead atoms. The van der Waals surface area contributed by atoms with E-state index in [1.807, 2.05) is 13.8 Å². The van der Waals surface area contributed by atoms with Crippen molar-refractivity contribution in [2.45, 2.75) is 26.2 Å². The van der Waals surface area contributed by atoms with Gasteiger partial charge in [0.15, 0.2) is 0 Å². The van der Waals surface area contributed by atoms with E-state index in [0.29, 0.717) is 11.3 Å². The van der Waals surface area contributed by atoms with Gasteiger partial charge in [0.25, 0.3) is 6.29 Å². The number of ether oxygens (including phenoxy) is 3. The van der Waals surface area contributed by atoms with E-state index in [2.05, 4.69) is 8.37 Å². The molecular formula is C22H20F2O9S2. The second-order valence-electron chi connectivity index (χ2n) is 7.20. The van der Waals surface area contributed by atoms with Crippen molar-refractivity contribution in [2.75, 3.05) is 0 Å². The Bertz CT molecular complexity index is 1250. The van der Waals surface area contributed by atoms with E-state index >= 15 is 0 Å². The highest BCUT2D eigenvalue weighted by molar-refractivity contribution is 7.82. The summed E-state index contributed by atoms with van der Waals surface area (Å²) in [5, 5.41) is 0. The second kappa shape index (κ2) is 10.8. The summed E-state index contributed by atoms with van der Waals surface area (Å²) in [7, 11) is -10.3. The van der Waals surface area contributed by atoms with Crippen LogP contribution < -0.4 is 22.6 Å². The van der Waals surface area contributed by atoms with Crippen LogP contribution >= 0.6 is 0 Å². The summed E-state index contributed by atoms with van der Waals surface area (Å²) in [5.41, 5.74) is 0.555. The van der Waals surface area contributed by atoms with Crippen LogP contribution in [0.25, 0.3) is 0 Å². The van der Waals surface area contributed by atoms with Gasteiger partial charge in [-0.2, -0.15) is 16.8 Å². The Hall–Kier alpha value is -3.58. The fraction of sp³-hybridized carbons (Fsp3) is 0.182. The van der Waals surface area contributed by atoms with Crippen molar-refractivity contribution in [1.82, 2.24) is 0 Å². The van der Waals surface area contributed by atoms with Gasteiger partial charge in [-0.05, 0) is 86.6 Å². The Morgan fingerprint density at radius 1 is 0.543 bits per heavy atom. The van der Waals surface area contributed by atoms with Crippen LogP contribution in [0.3, 0.4) is 0 Å². The maximum Gasteiger partial charge on any atom is 0.488 e. The maximum atomic E-state index is 12.7. The number of rotatable bonds is 11. The monoisotopic (exact) mass is 530 g/mol. The zero-order valence-corrected chi connectivity index (χ0v) is 20.0. The summed E-state index contributed by atoms with van der Waals surface area (Å²) in [4.78, 5) is 0. The summed E-state index contributed by atoms with van der Waals surface area (Å²) in [6.45, 7) is 3.76. The smallest absolute Gasteiger partial charge is 0.488 e. The zero-order valence-electron chi connectivity index (χ0n) is 18.3. The highest BCUT2D eigenvalue weighted by Crippen LogP contribution is 2.30. The van der Waals surface area contributed by atoms with E-state index in [1.54, 1.807) is 24.3 Å². The van der Waals surface area contributed by atoms with Gasteiger partial charge in [0.1, 0.15) is 28.7 Å². The molecular weight excluding hydrogens is 510 g/mol. The van der Waals surface area contributed by atoms with Crippen molar-refractivity contribution in [1.29, 1.82) is 0 Å². The predicted molar refractivity (Wildman–Crippen MR) is 120 cm³/mol. The van der Waals surface area contributed by atoms with E-state index in [1.165, 1.54) is 48.5 Å². The van der Waals surface area contributed by atoms with Crippen LogP contribution in [0.15, 0.2) is 72.8 Å². The summed E-state index contributed by atoms with van der Waals surface area (Å²) in [6, 6.07) is 16.9. The fourth-order valence-electron chi connectivity index (χ4n) is 2.76. The minimum absolute atomic E-state index is 0.0353. The van der Waals surface area contributed by atoms with Gasteiger partial charge in [0, 0.05) is 5.56 Å². The standard InChI is InChI=1S/C22H20F2O9S2/c1-15(2)29-17-5-3-16(4-6-17)22(30-18-7-11-20(12-8-18)32-34(23,25)26)31-19-9-13-21(14-10-19)33-35(24,27)28/h3-15,22H,1-2H3. The van der Waals surface area contributed by atoms with Gasteiger partial charge in [-0.1, -0.05) is 7.77 Å². The second-order valence-corrected chi connectivity index (χ2v) is 9.10. The molecule has 0 unspecified atom stereocenters. The lowest BCUT2D eigenvalue weighted by Crippen LogP contribution is -2.15. The first-order chi connectivity index (χ1) is 16.4. The van der Waals surface area contributed by atoms with Gasteiger partial charge in [-0.25, -0.2) is 0 Å². The summed E-state index contributed by atoms with van der Waals surface area (Å²) < 4.78 is 93.6. The molecule has 13 heteroatoms. The zero-order chi connectivity index (χ0) is 25.6. The lowest BCUT2D eigenvalue weighted by atomic mass is 10.2. The SMILES string of the molecule is CC(C)Oc1ccc(C(Oc2ccc(OS(=O)(=O)F)cc2)Oc2ccc(OS(=O)(=O)F)cc2)cc1. The first kappa shape index (κ1) is 26.0. The van der Waals surface area contributed by atoms with Crippen LogP contribution in [0.5, 0.6) is 28.7 Å². The van der Waals surface area contributed by atoms with E-state index in [4.69, 9.17) is 14.2 Å². The number of hydrogen-bond donors (Lipinski definition) is 0. The highest BCUT2D eigenvalue weighted by Gasteiger charge is 2.18. The Labute approximate surface area is 201 Å². The molecule has 0 radical (unpaired) electrons. The quantitative estimate of drug-likeness (QED) is 0.254. The van der Waals surface area contributed by atoms with Crippen LogP contribution in [-0.2, 0) is 21.0 Å². The number of halogens is 2. The molecule has 3 aromatic rings. The molecule has 188 valence electrons. The van der Waals surface area contributed by atoms with Gasteiger partial charge in [0.2, 0.25) is 0 Å². The third kappa shape index (κ3) is 8.94. The molecule has 3 rings (SSSR count). The van der Waals surface area contributed by atoms with Crippen molar-refractivity contribution in [2.24, 2.45) is 0 Å².